The van der Waals surface area contributed by atoms with Gasteiger partial charge in [0.25, 0.3) is 5.56 Å². The number of nitrogens with one attached hydrogen (secondary N) is 2. The molecule has 0 radical (unpaired) electrons. The third-order valence-electron chi connectivity index (χ3n) is 2.42. The molecular weight excluding hydrogens is 244 g/mol. The lowest BCUT2D eigenvalue weighted by atomic mass is 10.1. The van der Waals surface area contributed by atoms with Gasteiger partial charge in [0.15, 0.2) is 0 Å². The summed E-state index contributed by atoms with van der Waals surface area (Å²) in [5.41, 5.74) is -0.105. The van der Waals surface area contributed by atoms with E-state index in [0.717, 1.165) is 5.39 Å². The fraction of sp³-hybridized carbons (Fsp3) is 0.286. The summed E-state index contributed by atoms with van der Waals surface area (Å²) in [5, 5.41) is 3.98. The molecule has 2 N–H and O–H groups in total. The molecule has 2 rings (SSSR count). The van der Waals surface area contributed by atoms with Crippen LogP contribution in [-0.4, -0.2) is 16.7 Å². The van der Waals surface area contributed by atoms with Crippen LogP contribution in [0.1, 0.15) is 20.8 Å². The summed E-state index contributed by atoms with van der Waals surface area (Å²) in [6, 6.07) is 6.84. The number of rotatable bonds is 1. The van der Waals surface area contributed by atoms with Crippen molar-refractivity contribution in [1.82, 2.24) is 4.98 Å². The number of hydrogen-bond donors (Lipinski definition) is 2. The number of aromatic nitrogens is 1. The molecule has 5 nitrogen and oxygen atoms in total. The molecule has 0 saturated heterocycles. The van der Waals surface area contributed by atoms with Crippen LogP contribution in [0.15, 0.2) is 35.3 Å². The second-order valence-electron chi connectivity index (χ2n) is 5.24. The van der Waals surface area contributed by atoms with Crippen LogP contribution in [0, 0.1) is 0 Å². The van der Waals surface area contributed by atoms with E-state index >= 15 is 0 Å². The number of H-pyrrole nitrogens is 1. The summed E-state index contributed by atoms with van der Waals surface area (Å²) in [4.78, 5) is 25.8. The van der Waals surface area contributed by atoms with E-state index < -0.39 is 11.7 Å². The number of carbonyl (C=O) groups excluding carboxylic acids is 1. The van der Waals surface area contributed by atoms with E-state index in [1.54, 1.807) is 51.2 Å². The van der Waals surface area contributed by atoms with Crippen molar-refractivity contribution >= 4 is 22.6 Å². The van der Waals surface area contributed by atoms with Gasteiger partial charge in [-0.05, 0) is 50.4 Å². The Morgan fingerprint density at radius 2 is 2.00 bits per heavy atom. The quantitative estimate of drug-likeness (QED) is 0.828. The maximum absolute atomic E-state index is 11.6. The molecule has 19 heavy (non-hydrogen) atoms. The molecule has 1 amide bonds. The van der Waals surface area contributed by atoms with Gasteiger partial charge in [-0.1, -0.05) is 0 Å². The van der Waals surface area contributed by atoms with Crippen molar-refractivity contribution in [1.29, 1.82) is 0 Å². The van der Waals surface area contributed by atoms with Crippen LogP contribution in [0.4, 0.5) is 10.5 Å². The Kier molecular flexibility index (Phi) is 3.29. The number of amides is 1. The van der Waals surface area contributed by atoms with Gasteiger partial charge in [0.05, 0.1) is 0 Å². The highest BCUT2D eigenvalue weighted by molar-refractivity contribution is 5.90. The maximum atomic E-state index is 11.6. The largest absolute Gasteiger partial charge is 0.444 e. The smallest absolute Gasteiger partial charge is 0.412 e. The number of pyridine rings is 1. The van der Waals surface area contributed by atoms with Crippen LogP contribution in [0.2, 0.25) is 0 Å². The Hall–Kier alpha value is -2.30. The topological polar surface area (TPSA) is 71.2 Å². The molecule has 1 aromatic carbocycles. The molecule has 0 atom stereocenters. The molecule has 100 valence electrons. The highest BCUT2D eigenvalue weighted by atomic mass is 16.6. The van der Waals surface area contributed by atoms with E-state index in [4.69, 9.17) is 4.74 Å². The third kappa shape index (κ3) is 3.34. The second kappa shape index (κ2) is 4.76. The van der Waals surface area contributed by atoms with Crippen LogP contribution < -0.4 is 10.9 Å². The number of benzene rings is 1. The summed E-state index contributed by atoms with van der Waals surface area (Å²) >= 11 is 0. The molecule has 0 aliphatic heterocycles. The van der Waals surface area contributed by atoms with Gasteiger partial charge < -0.3 is 9.72 Å². The summed E-state index contributed by atoms with van der Waals surface area (Å²) in [7, 11) is 0. The number of aromatic amines is 1. The highest BCUT2D eigenvalue weighted by Crippen LogP contribution is 2.17. The summed E-state index contributed by atoms with van der Waals surface area (Å²) in [6.45, 7) is 5.39. The van der Waals surface area contributed by atoms with E-state index in [9.17, 15) is 9.59 Å². The van der Waals surface area contributed by atoms with Gasteiger partial charge in [-0.15, -0.1) is 0 Å². The van der Waals surface area contributed by atoms with Crippen molar-refractivity contribution in [2.75, 3.05) is 5.32 Å². The first kappa shape index (κ1) is 13.1. The highest BCUT2D eigenvalue weighted by Gasteiger charge is 2.16. The van der Waals surface area contributed by atoms with Crippen molar-refractivity contribution in [2.24, 2.45) is 0 Å². The van der Waals surface area contributed by atoms with Crippen molar-refractivity contribution in [3.8, 4) is 0 Å². The zero-order chi connectivity index (χ0) is 14.0. The van der Waals surface area contributed by atoms with Crippen molar-refractivity contribution < 1.29 is 9.53 Å². The average Bonchev–Trinajstić information content (AvgIpc) is 2.26. The van der Waals surface area contributed by atoms with E-state index in [2.05, 4.69) is 10.3 Å². The SMILES string of the molecule is CC(C)(C)OC(=O)Nc1ccc2c(=O)[nH]ccc2c1. The van der Waals surface area contributed by atoms with Gasteiger partial charge in [-0.25, -0.2) is 4.79 Å². The number of carbonyl (C=O) groups is 1. The Balaban J connectivity index is 2.23. The van der Waals surface area contributed by atoms with Crippen LogP contribution in [0.5, 0.6) is 0 Å². The summed E-state index contributed by atoms with van der Waals surface area (Å²) < 4.78 is 5.16. The summed E-state index contributed by atoms with van der Waals surface area (Å²) in [5.74, 6) is 0. The molecule has 0 aliphatic rings. The first-order valence-corrected chi connectivity index (χ1v) is 5.97. The first-order valence-electron chi connectivity index (χ1n) is 5.97. The minimum Gasteiger partial charge on any atom is -0.444 e. The van der Waals surface area contributed by atoms with E-state index in [-0.39, 0.29) is 5.56 Å². The number of hydrogen-bond acceptors (Lipinski definition) is 3. The third-order valence-corrected chi connectivity index (χ3v) is 2.42. The normalized spacial score (nSPS) is 11.3. The molecule has 0 bridgehead atoms. The standard InChI is InChI=1S/C14H16N2O3/c1-14(2,3)19-13(18)16-10-4-5-11-9(8-10)6-7-15-12(11)17/h4-8H,1-3H3,(H,15,17)(H,16,18). The zero-order valence-electron chi connectivity index (χ0n) is 11.1. The average molecular weight is 260 g/mol. The fourth-order valence-electron chi connectivity index (χ4n) is 1.69. The van der Waals surface area contributed by atoms with Crippen molar-refractivity contribution in [3.63, 3.8) is 0 Å². The minimum absolute atomic E-state index is 0.152. The molecule has 0 fully saturated rings. The maximum Gasteiger partial charge on any atom is 0.412 e. The van der Waals surface area contributed by atoms with E-state index in [0.29, 0.717) is 11.1 Å². The van der Waals surface area contributed by atoms with Crippen LogP contribution in [0.3, 0.4) is 0 Å². The predicted molar refractivity (Wildman–Crippen MR) is 74.4 cm³/mol. The number of ether oxygens (including phenoxy) is 1. The summed E-state index contributed by atoms with van der Waals surface area (Å²) in [6.07, 6.45) is 1.05. The van der Waals surface area contributed by atoms with Gasteiger partial charge in [-0.2, -0.15) is 0 Å². The molecule has 0 spiro atoms. The Bertz CT molecular complexity index is 668. The van der Waals surface area contributed by atoms with Crippen molar-refractivity contribution in [3.05, 3.63) is 40.8 Å². The lowest BCUT2D eigenvalue weighted by Gasteiger charge is -2.19. The molecule has 0 unspecified atom stereocenters. The van der Waals surface area contributed by atoms with Crippen LogP contribution in [-0.2, 0) is 4.74 Å². The first-order chi connectivity index (χ1) is 8.85. The monoisotopic (exact) mass is 260 g/mol. The lowest BCUT2D eigenvalue weighted by molar-refractivity contribution is 0.0636. The molecule has 1 aromatic heterocycles. The van der Waals surface area contributed by atoms with Crippen LogP contribution in [0.25, 0.3) is 10.8 Å². The number of anilines is 1. The fourth-order valence-corrected chi connectivity index (χ4v) is 1.69. The Morgan fingerprint density at radius 1 is 1.26 bits per heavy atom. The molecular formula is C14H16N2O3. The van der Waals surface area contributed by atoms with Gasteiger partial charge in [0.1, 0.15) is 5.60 Å². The second-order valence-corrected chi connectivity index (χ2v) is 5.24. The molecule has 0 aliphatic carbocycles. The predicted octanol–water partition coefficient (Wildman–Crippen LogP) is 2.88. The number of fused-ring (bicyclic) bond motifs is 1. The molecule has 0 saturated carbocycles. The van der Waals surface area contributed by atoms with Gasteiger partial charge in [0, 0.05) is 17.3 Å². The van der Waals surface area contributed by atoms with Gasteiger partial charge >= 0.3 is 6.09 Å². The zero-order valence-corrected chi connectivity index (χ0v) is 11.1. The van der Waals surface area contributed by atoms with E-state index in [1.165, 1.54) is 0 Å². The molecule has 1 heterocycles. The lowest BCUT2D eigenvalue weighted by Crippen LogP contribution is -2.27. The Morgan fingerprint density at radius 3 is 2.68 bits per heavy atom. The van der Waals surface area contributed by atoms with Crippen molar-refractivity contribution in [2.45, 2.75) is 26.4 Å². The molecule has 2 aromatic rings. The minimum atomic E-state index is -0.544. The Labute approximate surface area is 110 Å². The molecule has 5 heteroatoms. The van der Waals surface area contributed by atoms with E-state index in [1.807, 2.05) is 0 Å². The van der Waals surface area contributed by atoms with Gasteiger partial charge in [-0.3, -0.25) is 10.1 Å². The van der Waals surface area contributed by atoms with Crippen LogP contribution >= 0.6 is 0 Å². The van der Waals surface area contributed by atoms with Gasteiger partial charge in [0.2, 0.25) is 0 Å².